The highest BCUT2D eigenvalue weighted by atomic mass is 14.5. The summed E-state index contributed by atoms with van der Waals surface area (Å²) >= 11 is 0. The molecule has 2 aliphatic rings. The maximum Gasteiger partial charge on any atom is 0.0725 e. The van der Waals surface area contributed by atoms with E-state index in [-0.39, 0.29) is 0 Å². The highest BCUT2D eigenvalue weighted by molar-refractivity contribution is 6.10. The van der Waals surface area contributed by atoms with Crippen molar-refractivity contribution in [2.45, 2.75) is 19.3 Å². The fraction of sp³-hybridized carbons (Fsp3) is 0.0508. The Hall–Kier alpha value is -7.28. The van der Waals surface area contributed by atoms with Crippen molar-refractivity contribution < 1.29 is 0 Å². The second kappa shape index (κ2) is 12.9. The monoisotopic (exact) mass is 748 g/mol. The van der Waals surface area contributed by atoms with E-state index in [0.29, 0.717) is 0 Å². The van der Waals surface area contributed by atoms with Crippen molar-refractivity contribution >= 4 is 21.5 Å². The molecule has 0 radical (unpaired) electrons. The van der Waals surface area contributed by atoms with Crippen molar-refractivity contribution in [2.24, 2.45) is 0 Å². The minimum Gasteiger partial charge on any atom is -0.0622 e. The maximum atomic E-state index is 2.57. The molecule has 1 spiro atoms. The van der Waals surface area contributed by atoms with Gasteiger partial charge < -0.3 is 0 Å². The molecule has 10 aromatic rings. The molecular formula is C59H40. The third-order valence-electron chi connectivity index (χ3n) is 13.5. The van der Waals surface area contributed by atoms with Gasteiger partial charge in [0.1, 0.15) is 0 Å². The van der Waals surface area contributed by atoms with Crippen LogP contribution >= 0.6 is 0 Å². The molecule has 0 nitrogen and oxygen atoms in total. The van der Waals surface area contributed by atoms with Crippen LogP contribution in [0.3, 0.4) is 0 Å². The first kappa shape index (κ1) is 33.8. The van der Waals surface area contributed by atoms with Crippen molar-refractivity contribution in [2.75, 3.05) is 0 Å². The predicted molar refractivity (Wildman–Crippen MR) is 249 cm³/mol. The van der Waals surface area contributed by atoms with Gasteiger partial charge in [0, 0.05) is 0 Å². The van der Waals surface area contributed by atoms with E-state index in [2.05, 4.69) is 220 Å². The Balaban J connectivity index is 1.06. The quantitative estimate of drug-likeness (QED) is 0.157. The van der Waals surface area contributed by atoms with E-state index in [0.717, 1.165) is 0 Å². The lowest BCUT2D eigenvalue weighted by Crippen LogP contribution is -2.26. The Morgan fingerprint density at radius 3 is 1.19 bits per heavy atom. The highest BCUT2D eigenvalue weighted by Crippen LogP contribution is 2.64. The summed E-state index contributed by atoms with van der Waals surface area (Å²) in [4.78, 5) is 0. The van der Waals surface area contributed by atoms with Crippen LogP contribution in [0.2, 0.25) is 0 Å². The highest BCUT2D eigenvalue weighted by Gasteiger charge is 2.51. The summed E-state index contributed by atoms with van der Waals surface area (Å²) < 4.78 is 0. The number of benzene rings is 10. The van der Waals surface area contributed by atoms with Crippen LogP contribution in [-0.2, 0) is 5.41 Å². The molecule has 2 aliphatic carbocycles. The first-order valence-electron chi connectivity index (χ1n) is 20.7. The molecule has 0 saturated heterocycles. The molecule has 0 aliphatic heterocycles. The lowest BCUT2D eigenvalue weighted by molar-refractivity contribution is 0.795. The molecule has 59 heavy (non-hydrogen) atoms. The number of hydrogen-bond acceptors (Lipinski definition) is 0. The second-order valence-corrected chi connectivity index (χ2v) is 16.4. The summed E-state index contributed by atoms with van der Waals surface area (Å²) in [7, 11) is 0. The molecule has 0 amide bonds. The van der Waals surface area contributed by atoms with Gasteiger partial charge in [0.05, 0.1) is 5.41 Å². The zero-order valence-corrected chi connectivity index (χ0v) is 33.1. The standard InChI is InChI=1S/C59H40/c1-37-47-31-29-45(43-25-21-41(22-26-43)39-13-5-3-6-14-39)33-51(47)38(2)53-36-58-54(35-52(37)53)50-32-30-46(44-27-23-42(24-28-44)40-15-7-4-8-16-40)34-57(50)59(58)55-19-11-9-17-48(55)49-18-10-12-20-56(49)59/h3-36H,1-2H3. The number of rotatable bonds is 4. The second-order valence-electron chi connectivity index (χ2n) is 16.4. The van der Waals surface area contributed by atoms with Crippen molar-refractivity contribution in [3.63, 3.8) is 0 Å². The Labute approximate surface area is 345 Å². The smallest absolute Gasteiger partial charge is 0.0622 e. The summed E-state index contributed by atoms with van der Waals surface area (Å²) in [5, 5.41) is 5.30. The van der Waals surface area contributed by atoms with Crippen LogP contribution in [0.25, 0.3) is 88.3 Å². The van der Waals surface area contributed by atoms with Crippen LogP contribution in [0, 0.1) is 13.8 Å². The Bertz CT molecular complexity index is 3250. The molecule has 10 aromatic carbocycles. The lowest BCUT2D eigenvalue weighted by atomic mass is 9.70. The van der Waals surface area contributed by atoms with Crippen LogP contribution in [-0.4, -0.2) is 0 Å². The minimum absolute atomic E-state index is 0.441. The molecule has 0 N–H and O–H groups in total. The fourth-order valence-corrected chi connectivity index (χ4v) is 10.6. The molecule has 0 bridgehead atoms. The molecular weight excluding hydrogens is 709 g/mol. The van der Waals surface area contributed by atoms with Crippen LogP contribution in [0.5, 0.6) is 0 Å². The summed E-state index contributed by atoms with van der Waals surface area (Å²) in [6.45, 7) is 4.65. The molecule has 0 heterocycles. The zero-order chi connectivity index (χ0) is 39.2. The summed E-state index contributed by atoms with van der Waals surface area (Å²) in [5.74, 6) is 0. The van der Waals surface area contributed by atoms with E-state index in [1.807, 2.05) is 0 Å². The summed E-state index contributed by atoms with van der Waals surface area (Å²) in [5.41, 5.74) is 22.9. The summed E-state index contributed by atoms with van der Waals surface area (Å²) in [6.07, 6.45) is 0. The van der Waals surface area contributed by atoms with Gasteiger partial charge in [0.2, 0.25) is 0 Å². The van der Waals surface area contributed by atoms with Crippen molar-refractivity contribution in [3.8, 4) is 66.8 Å². The average molecular weight is 749 g/mol. The maximum absolute atomic E-state index is 2.57. The molecule has 0 heteroatoms. The van der Waals surface area contributed by atoms with Gasteiger partial charge in [-0.2, -0.15) is 0 Å². The van der Waals surface area contributed by atoms with Gasteiger partial charge in [-0.25, -0.2) is 0 Å². The predicted octanol–water partition coefficient (Wildman–Crippen LogP) is 15.6. The van der Waals surface area contributed by atoms with Gasteiger partial charge in [-0.3, -0.25) is 0 Å². The van der Waals surface area contributed by atoms with Gasteiger partial charge in [0.15, 0.2) is 0 Å². The van der Waals surface area contributed by atoms with Gasteiger partial charge >= 0.3 is 0 Å². The lowest BCUT2D eigenvalue weighted by Gasteiger charge is -2.31. The molecule has 0 unspecified atom stereocenters. The number of aryl methyl sites for hydroxylation is 2. The molecule has 0 atom stereocenters. The first-order chi connectivity index (χ1) is 29.1. The van der Waals surface area contributed by atoms with Crippen molar-refractivity contribution in [1.82, 2.24) is 0 Å². The van der Waals surface area contributed by atoms with Gasteiger partial charge in [-0.1, -0.05) is 182 Å². The third-order valence-corrected chi connectivity index (χ3v) is 13.5. The van der Waals surface area contributed by atoms with Crippen LogP contribution in [0.1, 0.15) is 33.4 Å². The Kier molecular flexibility index (Phi) is 7.38. The third kappa shape index (κ3) is 4.90. The van der Waals surface area contributed by atoms with E-state index in [4.69, 9.17) is 0 Å². The topological polar surface area (TPSA) is 0 Å². The van der Waals surface area contributed by atoms with E-state index >= 15 is 0 Å². The van der Waals surface area contributed by atoms with Crippen LogP contribution < -0.4 is 0 Å². The zero-order valence-electron chi connectivity index (χ0n) is 33.1. The van der Waals surface area contributed by atoms with Gasteiger partial charge in [-0.15, -0.1) is 0 Å². The summed E-state index contributed by atoms with van der Waals surface area (Å²) in [6, 6.07) is 77.1. The number of hydrogen-bond donors (Lipinski definition) is 0. The van der Waals surface area contributed by atoms with Gasteiger partial charge in [-0.05, 0) is 160 Å². The van der Waals surface area contributed by atoms with Crippen molar-refractivity contribution in [3.05, 3.63) is 240 Å². The largest absolute Gasteiger partial charge is 0.0725 e. The van der Waals surface area contributed by atoms with E-state index in [1.165, 1.54) is 122 Å². The van der Waals surface area contributed by atoms with Crippen LogP contribution in [0.15, 0.2) is 206 Å². The molecule has 12 rings (SSSR count). The normalized spacial score (nSPS) is 13.1. The molecule has 276 valence electrons. The Morgan fingerprint density at radius 1 is 0.237 bits per heavy atom. The van der Waals surface area contributed by atoms with Gasteiger partial charge in [0.25, 0.3) is 0 Å². The average Bonchev–Trinajstić information content (AvgIpc) is 3.77. The Morgan fingerprint density at radius 2 is 0.610 bits per heavy atom. The number of fused-ring (bicyclic) bond motifs is 12. The minimum atomic E-state index is -0.441. The SMILES string of the molecule is Cc1c2ccc(-c3ccc(-c4ccccc4)cc3)cc2c(C)c2cc3c(cc12)-c1ccc(-c2ccc(-c4ccccc4)cc2)cc1C31c2ccccc2-c2ccccc21. The van der Waals surface area contributed by atoms with E-state index in [9.17, 15) is 0 Å². The fourth-order valence-electron chi connectivity index (χ4n) is 10.6. The molecule has 0 fully saturated rings. The van der Waals surface area contributed by atoms with E-state index < -0.39 is 5.41 Å². The first-order valence-corrected chi connectivity index (χ1v) is 20.7. The van der Waals surface area contributed by atoms with E-state index in [1.54, 1.807) is 0 Å². The van der Waals surface area contributed by atoms with Crippen LogP contribution in [0.4, 0.5) is 0 Å². The van der Waals surface area contributed by atoms with Crippen molar-refractivity contribution in [1.29, 1.82) is 0 Å². The molecule has 0 aromatic heterocycles. The molecule has 0 saturated carbocycles.